The van der Waals surface area contributed by atoms with Gasteiger partial charge in [-0.25, -0.2) is 4.98 Å². The van der Waals surface area contributed by atoms with E-state index in [9.17, 15) is 26.7 Å². The summed E-state index contributed by atoms with van der Waals surface area (Å²) < 4.78 is 58.6. The highest BCUT2D eigenvalue weighted by molar-refractivity contribution is 8.07. The molecule has 4 rings (SSSR count). The van der Waals surface area contributed by atoms with Crippen molar-refractivity contribution in [3.8, 4) is 5.75 Å². The Morgan fingerprint density at radius 2 is 1.97 bits per heavy atom. The highest BCUT2D eigenvalue weighted by Gasteiger charge is 2.31. The molecule has 0 saturated carbocycles. The zero-order valence-electron chi connectivity index (χ0n) is 21.5. The van der Waals surface area contributed by atoms with E-state index in [1.807, 2.05) is 13.8 Å². The highest BCUT2D eigenvalue weighted by Crippen LogP contribution is 2.34. The second kappa shape index (κ2) is 10.4. The van der Waals surface area contributed by atoms with Crippen molar-refractivity contribution in [3.63, 3.8) is 0 Å². The van der Waals surface area contributed by atoms with Crippen LogP contribution in [-0.2, 0) is 26.6 Å². The fourth-order valence-electron chi connectivity index (χ4n) is 4.02. The van der Waals surface area contributed by atoms with Crippen LogP contribution < -0.4 is 21.3 Å². The largest absolute Gasteiger partial charge is 0.506 e. The predicted molar refractivity (Wildman–Crippen MR) is 149 cm³/mol. The molecule has 1 aliphatic heterocycles. The van der Waals surface area contributed by atoms with Gasteiger partial charge < -0.3 is 16.2 Å². The molecule has 2 aromatic heterocycles. The van der Waals surface area contributed by atoms with Gasteiger partial charge in [-0.3, -0.25) is 19.5 Å². The van der Waals surface area contributed by atoms with E-state index in [2.05, 4.69) is 19.4 Å². The van der Waals surface area contributed by atoms with Crippen molar-refractivity contribution in [2.45, 2.75) is 51.1 Å². The third-order valence-electron chi connectivity index (χ3n) is 5.97. The van der Waals surface area contributed by atoms with Crippen molar-refractivity contribution in [3.05, 3.63) is 52.4 Å². The Hall–Kier alpha value is -3.82. The van der Waals surface area contributed by atoms with Gasteiger partial charge in [0, 0.05) is 25.2 Å². The van der Waals surface area contributed by atoms with Crippen LogP contribution in [-0.4, -0.2) is 48.4 Å². The maximum Gasteiger partial charge on any atom is 0.286 e. The SMILES string of the molecule is CC(C)CCn1c(=O)c(C2=NS(=O)(=O)c3cc(NS(=O)(=O)C(=N)CC(C)N)ccc3N2)c(O)c2cccnc21. The predicted octanol–water partition coefficient (Wildman–Crippen LogP) is 2.17. The van der Waals surface area contributed by atoms with E-state index < -0.39 is 42.4 Å². The lowest BCUT2D eigenvalue weighted by atomic mass is 10.1. The standard InChI is InChI=1S/C24H29N7O6S2/c1-13(2)8-10-31-23-16(5-4-9-27-23)21(32)20(24(31)33)22-28-17-7-6-15(12-18(17)38(34,35)30-22)29-39(36,37)19(26)11-14(3)25/h4-7,9,12-14,26,29,32H,8,10-11,25H2,1-3H3,(H,28,30). The lowest BCUT2D eigenvalue weighted by Crippen LogP contribution is -2.33. The van der Waals surface area contributed by atoms with E-state index >= 15 is 0 Å². The average Bonchev–Trinajstić information content (AvgIpc) is 2.83. The molecular formula is C24H29N7O6S2. The van der Waals surface area contributed by atoms with Crippen LogP contribution in [0.3, 0.4) is 0 Å². The Balaban J connectivity index is 1.78. The molecule has 6 N–H and O–H groups in total. The van der Waals surface area contributed by atoms with Crippen molar-refractivity contribution in [1.29, 1.82) is 5.41 Å². The molecule has 3 heterocycles. The van der Waals surface area contributed by atoms with Crippen LogP contribution in [0.25, 0.3) is 11.0 Å². The van der Waals surface area contributed by atoms with Crippen molar-refractivity contribution < 1.29 is 21.9 Å². The Morgan fingerprint density at radius 1 is 1.26 bits per heavy atom. The maximum atomic E-state index is 13.5. The molecular weight excluding hydrogens is 546 g/mol. The number of pyridine rings is 2. The van der Waals surface area contributed by atoms with Crippen molar-refractivity contribution >= 4 is 53.3 Å². The summed E-state index contributed by atoms with van der Waals surface area (Å²) >= 11 is 0. The van der Waals surface area contributed by atoms with Gasteiger partial charge in [-0.2, -0.15) is 16.8 Å². The van der Waals surface area contributed by atoms with Gasteiger partial charge in [-0.05, 0) is 49.6 Å². The number of nitrogens with two attached hydrogens (primary N) is 1. The van der Waals surface area contributed by atoms with Gasteiger partial charge in [0.2, 0.25) is 0 Å². The van der Waals surface area contributed by atoms with Crippen LogP contribution >= 0.6 is 0 Å². The van der Waals surface area contributed by atoms with Crippen LogP contribution in [0.2, 0.25) is 0 Å². The Bertz CT molecular complexity index is 1780. The number of hydrogen-bond donors (Lipinski definition) is 5. The number of anilines is 2. The average molecular weight is 576 g/mol. The van der Waals surface area contributed by atoms with E-state index in [0.29, 0.717) is 6.42 Å². The molecule has 208 valence electrons. The molecule has 39 heavy (non-hydrogen) atoms. The number of benzene rings is 1. The number of nitrogens with one attached hydrogen (secondary N) is 3. The minimum absolute atomic E-state index is 0.0208. The van der Waals surface area contributed by atoms with E-state index in [4.69, 9.17) is 11.1 Å². The zero-order chi connectivity index (χ0) is 28.7. The maximum absolute atomic E-state index is 13.5. The van der Waals surface area contributed by atoms with Crippen LogP contribution in [0, 0.1) is 11.3 Å². The number of aromatic hydroxyl groups is 1. The monoisotopic (exact) mass is 575 g/mol. The van der Waals surface area contributed by atoms with Crippen molar-refractivity contribution in [2.24, 2.45) is 16.0 Å². The van der Waals surface area contributed by atoms with E-state index in [-0.39, 0.29) is 57.6 Å². The highest BCUT2D eigenvalue weighted by atomic mass is 32.2. The molecule has 1 unspecified atom stereocenters. The van der Waals surface area contributed by atoms with Crippen LogP contribution in [0.5, 0.6) is 5.75 Å². The molecule has 0 amide bonds. The first kappa shape index (κ1) is 28.2. The van der Waals surface area contributed by atoms with E-state index in [1.165, 1.54) is 22.9 Å². The Kier molecular flexibility index (Phi) is 7.51. The van der Waals surface area contributed by atoms with Crippen LogP contribution in [0.1, 0.15) is 39.2 Å². The summed E-state index contributed by atoms with van der Waals surface area (Å²) in [4.78, 5) is 17.4. The molecule has 1 aliphatic rings. The van der Waals surface area contributed by atoms with Crippen molar-refractivity contribution in [1.82, 2.24) is 9.55 Å². The summed E-state index contributed by atoms with van der Waals surface area (Å²) in [5.41, 5.74) is 4.76. The van der Waals surface area contributed by atoms with Gasteiger partial charge in [0.25, 0.3) is 25.6 Å². The summed E-state index contributed by atoms with van der Waals surface area (Å²) in [6, 6.07) is 6.24. The Morgan fingerprint density at radius 3 is 2.64 bits per heavy atom. The number of rotatable bonds is 8. The fourth-order valence-corrected chi connectivity index (χ4v) is 6.21. The Labute approximate surface area is 225 Å². The summed E-state index contributed by atoms with van der Waals surface area (Å²) in [7, 11) is -8.70. The number of aryl methyl sites for hydroxylation is 1. The second-order valence-corrected chi connectivity index (χ2v) is 13.0. The van der Waals surface area contributed by atoms with Gasteiger partial charge in [0.05, 0.1) is 16.8 Å². The third kappa shape index (κ3) is 5.65. The van der Waals surface area contributed by atoms with Crippen LogP contribution in [0.15, 0.2) is 50.6 Å². The molecule has 3 aromatic rings. The summed E-state index contributed by atoms with van der Waals surface area (Å²) in [6.45, 7) is 5.83. The van der Waals surface area contributed by atoms with E-state index in [0.717, 1.165) is 6.07 Å². The number of sulfonamides is 2. The van der Waals surface area contributed by atoms with Crippen LogP contribution in [0.4, 0.5) is 11.4 Å². The molecule has 0 fully saturated rings. The van der Waals surface area contributed by atoms with Gasteiger partial charge in [0.1, 0.15) is 26.9 Å². The lowest BCUT2D eigenvalue weighted by molar-refractivity contribution is 0.473. The van der Waals surface area contributed by atoms with Gasteiger partial charge in [-0.15, -0.1) is 4.40 Å². The first-order chi connectivity index (χ1) is 18.2. The molecule has 0 spiro atoms. The zero-order valence-corrected chi connectivity index (χ0v) is 23.1. The van der Waals surface area contributed by atoms with Gasteiger partial charge in [-0.1, -0.05) is 13.8 Å². The van der Waals surface area contributed by atoms with E-state index in [1.54, 1.807) is 19.1 Å². The molecule has 1 aromatic carbocycles. The molecule has 1 atom stereocenters. The number of nitrogens with zero attached hydrogens (tertiary/aromatic N) is 3. The minimum atomic E-state index is -4.44. The first-order valence-electron chi connectivity index (χ1n) is 12.0. The van der Waals surface area contributed by atoms with Crippen molar-refractivity contribution in [2.75, 3.05) is 10.0 Å². The fraction of sp³-hybridized carbons (Fsp3) is 0.333. The topological polar surface area (TPSA) is 210 Å². The lowest BCUT2D eigenvalue weighted by Gasteiger charge is -2.21. The molecule has 13 nitrogen and oxygen atoms in total. The van der Waals surface area contributed by atoms with Gasteiger partial charge >= 0.3 is 0 Å². The summed E-state index contributed by atoms with van der Waals surface area (Å²) in [5, 5.41) is 21.2. The molecule has 0 saturated heterocycles. The minimum Gasteiger partial charge on any atom is -0.506 e. The second-order valence-electron chi connectivity index (χ2n) is 9.70. The number of hydrogen-bond acceptors (Lipinski definition) is 10. The molecule has 0 bridgehead atoms. The first-order valence-corrected chi connectivity index (χ1v) is 15.0. The number of amidine groups is 1. The van der Waals surface area contributed by atoms with Gasteiger partial charge in [0.15, 0.2) is 5.84 Å². The smallest absolute Gasteiger partial charge is 0.286 e. The molecule has 0 aliphatic carbocycles. The normalized spacial score (nSPS) is 15.4. The third-order valence-corrected chi connectivity index (χ3v) is 8.60. The summed E-state index contributed by atoms with van der Waals surface area (Å²) in [6.07, 6.45) is 1.93. The molecule has 0 radical (unpaired) electrons. The quantitative estimate of drug-likeness (QED) is 0.196. The number of fused-ring (bicyclic) bond motifs is 2. The molecule has 15 heteroatoms. The number of aromatic nitrogens is 2. The summed E-state index contributed by atoms with van der Waals surface area (Å²) in [5.74, 6) is -0.578.